The number of nitrogens with zero attached hydrogens (tertiary/aromatic N) is 3. The molecule has 1 atom stereocenters. The van der Waals surface area contributed by atoms with Crippen molar-refractivity contribution in [3.63, 3.8) is 0 Å². The smallest absolute Gasteiger partial charge is 0.404 e. The number of nitrogens with two attached hydrogens (primary N) is 1. The monoisotopic (exact) mass is 269 g/mol. The molecule has 7 nitrogen and oxygen atoms in total. The van der Waals surface area contributed by atoms with Crippen molar-refractivity contribution in [2.75, 3.05) is 6.61 Å². The number of benzene rings is 1. The number of rotatable bonds is 4. The Morgan fingerprint density at radius 2 is 2.26 bits per heavy atom. The average Bonchev–Trinajstić information content (AvgIpc) is 2.85. The number of primary amides is 1. The van der Waals surface area contributed by atoms with Gasteiger partial charge >= 0.3 is 6.09 Å². The van der Waals surface area contributed by atoms with Crippen LogP contribution in [0.4, 0.5) is 13.6 Å². The van der Waals surface area contributed by atoms with Crippen LogP contribution >= 0.6 is 0 Å². The Hall–Kier alpha value is -2.58. The van der Waals surface area contributed by atoms with Crippen molar-refractivity contribution in [3.05, 3.63) is 41.2 Å². The molecule has 3 N–H and O–H groups in total. The third-order valence-electron chi connectivity index (χ3n) is 2.40. The molecule has 0 spiro atoms. The predicted molar refractivity (Wildman–Crippen MR) is 57.9 cm³/mol. The Kier molecular flexibility index (Phi) is 3.64. The number of aromatic nitrogens is 4. The second-order valence-corrected chi connectivity index (χ2v) is 3.62. The number of ether oxygens (including phenoxy) is 1. The summed E-state index contributed by atoms with van der Waals surface area (Å²) in [5.74, 6) is -2.24. The van der Waals surface area contributed by atoms with E-state index in [1.54, 1.807) is 0 Å². The van der Waals surface area contributed by atoms with E-state index in [4.69, 9.17) is 5.73 Å². The normalized spacial score (nSPS) is 12.1. The summed E-state index contributed by atoms with van der Waals surface area (Å²) in [5.41, 5.74) is 4.93. The van der Waals surface area contributed by atoms with Crippen LogP contribution in [-0.2, 0) is 4.74 Å². The number of halogens is 2. The van der Waals surface area contributed by atoms with Gasteiger partial charge in [0.25, 0.3) is 0 Å². The lowest BCUT2D eigenvalue weighted by Crippen LogP contribution is -2.20. The van der Waals surface area contributed by atoms with Gasteiger partial charge in [-0.15, -0.1) is 10.2 Å². The number of tetrazole rings is 1. The van der Waals surface area contributed by atoms with Crippen LogP contribution in [0, 0.1) is 11.6 Å². The van der Waals surface area contributed by atoms with Crippen LogP contribution in [0.5, 0.6) is 0 Å². The summed E-state index contributed by atoms with van der Waals surface area (Å²) in [4.78, 5) is 10.6. The van der Waals surface area contributed by atoms with E-state index in [9.17, 15) is 13.6 Å². The van der Waals surface area contributed by atoms with Gasteiger partial charge in [-0.2, -0.15) is 5.21 Å². The van der Waals surface area contributed by atoms with Crippen molar-refractivity contribution < 1.29 is 18.3 Å². The maximum atomic E-state index is 13.7. The van der Waals surface area contributed by atoms with Gasteiger partial charge < -0.3 is 10.5 Å². The van der Waals surface area contributed by atoms with E-state index in [2.05, 4.69) is 25.4 Å². The van der Waals surface area contributed by atoms with Gasteiger partial charge in [0.05, 0.1) is 5.92 Å². The van der Waals surface area contributed by atoms with E-state index >= 15 is 0 Å². The van der Waals surface area contributed by atoms with Crippen molar-refractivity contribution in [2.24, 2.45) is 5.73 Å². The van der Waals surface area contributed by atoms with Crippen LogP contribution in [0.2, 0.25) is 0 Å². The lowest BCUT2D eigenvalue weighted by atomic mass is 9.98. The number of carbonyl (C=O) groups is 1. The summed E-state index contributed by atoms with van der Waals surface area (Å²) in [6.07, 6.45) is -1.02. The van der Waals surface area contributed by atoms with Crippen molar-refractivity contribution >= 4 is 6.09 Å². The SMILES string of the molecule is NC(=O)OCC(c1nn[nH]n1)c1ccc(F)cc1F. The summed E-state index contributed by atoms with van der Waals surface area (Å²) in [5, 5.41) is 12.9. The highest BCUT2D eigenvalue weighted by atomic mass is 19.1. The molecule has 0 radical (unpaired) electrons. The lowest BCUT2D eigenvalue weighted by Gasteiger charge is -2.13. The number of hydrogen-bond acceptors (Lipinski definition) is 5. The lowest BCUT2D eigenvalue weighted by molar-refractivity contribution is 0.151. The molecule has 1 heterocycles. The molecule has 0 fully saturated rings. The third kappa shape index (κ3) is 3.00. The molecule has 100 valence electrons. The zero-order valence-electron chi connectivity index (χ0n) is 9.51. The van der Waals surface area contributed by atoms with E-state index in [1.807, 2.05) is 0 Å². The second-order valence-electron chi connectivity index (χ2n) is 3.62. The first kappa shape index (κ1) is 12.9. The summed E-state index contributed by atoms with van der Waals surface area (Å²) in [6.45, 7) is -0.280. The van der Waals surface area contributed by atoms with Gasteiger partial charge in [-0.3, -0.25) is 0 Å². The average molecular weight is 269 g/mol. The molecule has 1 aromatic carbocycles. The minimum Gasteiger partial charge on any atom is -0.449 e. The van der Waals surface area contributed by atoms with Gasteiger partial charge in [0.15, 0.2) is 5.82 Å². The maximum absolute atomic E-state index is 13.7. The second kappa shape index (κ2) is 5.38. The summed E-state index contributed by atoms with van der Waals surface area (Å²) in [7, 11) is 0. The Labute approximate surface area is 105 Å². The highest BCUT2D eigenvalue weighted by Crippen LogP contribution is 2.24. The van der Waals surface area contributed by atoms with Gasteiger partial charge in [0.1, 0.15) is 18.2 Å². The number of H-pyrrole nitrogens is 1. The van der Waals surface area contributed by atoms with Crippen LogP contribution in [0.3, 0.4) is 0 Å². The van der Waals surface area contributed by atoms with Crippen molar-refractivity contribution in [3.8, 4) is 0 Å². The Bertz CT molecular complexity index is 575. The molecular formula is C10H9F2N5O2. The molecule has 2 aromatic rings. The van der Waals surface area contributed by atoms with E-state index in [-0.39, 0.29) is 18.0 Å². The van der Waals surface area contributed by atoms with Crippen molar-refractivity contribution in [1.29, 1.82) is 0 Å². The van der Waals surface area contributed by atoms with Crippen LogP contribution in [0.1, 0.15) is 17.3 Å². The zero-order valence-corrected chi connectivity index (χ0v) is 9.51. The topological polar surface area (TPSA) is 107 Å². The molecule has 1 aromatic heterocycles. The van der Waals surface area contributed by atoms with E-state index < -0.39 is 23.6 Å². The molecule has 0 saturated heterocycles. The van der Waals surface area contributed by atoms with Gasteiger partial charge in [-0.1, -0.05) is 11.3 Å². The van der Waals surface area contributed by atoms with Gasteiger partial charge in [0.2, 0.25) is 0 Å². The number of hydrogen-bond donors (Lipinski definition) is 2. The molecule has 0 saturated carbocycles. The fourth-order valence-corrected chi connectivity index (χ4v) is 1.57. The van der Waals surface area contributed by atoms with Crippen LogP contribution in [0.15, 0.2) is 18.2 Å². The van der Waals surface area contributed by atoms with E-state index in [1.165, 1.54) is 6.07 Å². The zero-order chi connectivity index (χ0) is 13.8. The van der Waals surface area contributed by atoms with Crippen LogP contribution in [-0.4, -0.2) is 33.3 Å². The molecule has 0 bridgehead atoms. The molecular weight excluding hydrogens is 260 g/mol. The van der Waals surface area contributed by atoms with Gasteiger partial charge in [-0.25, -0.2) is 13.6 Å². The van der Waals surface area contributed by atoms with Crippen molar-refractivity contribution in [1.82, 2.24) is 20.6 Å². The largest absolute Gasteiger partial charge is 0.449 e. The van der Waals surface area contributed by atoms with Gasteiger partial charge in [0, 0.05) is 11.6 Å². The minimum atomic E-state index is -1.02. The van der Waals surface area contributed by atoms with E-state index in [0.717, 1.165) is 6.07 Å². The number of aromatic amines is 1. The van der Waals surface area contributed by atoms with Gasteiger partial charge in [-0.05, 0) is 6.07 Å². The first-order chi connectivity index (χ1) is 9.08. The molecule has 0 aliphatic rings. The molecule has 19 heavy (non-hydrogen) atoms. The maximum Gasteiger partial charge on any atom is 0.404 e. The number of carbonyl (C=O) groups excluding carboxylic acids is 1. The molecule has 1 unspecified atom stereocenters. The Morgan fingerprint density at radius 3 is 2.84 bits per heavy atom. The highest BCUT2D eigenvalue weighted by molar-refractivity contribution is 5.64. The number of amides is 1. The molecule has 1 amide bonds. The molecule has 2 rings (SSSR count). The number of nitrogens with one attached hydrogen (secondary N) is 1. The van der Waals surface area contributed by atoms with E-state index in [0.29, 0.717) is 6.07 Å². The molecule has 9 heteroatoms. The molecule has 0 aliphatic carbocycles. The fraction of sp³-hybridized carbons (Fsp3) is 0.200. The predicted octanol–water partition coefficient (Wildman–Crippen LogP) is 0.705. The Morgan fingerprint density at radius 1 is 1.47 bits per heavy atom. The highest BCUT2D eigenvalue weighted by Gasteiger charge is 2.23. The van der Waals surface area contributed by atoms with Crippen molar-refractivity contribution in [2.45, 2.75) is 5.92 Å². The standard InChI is InChI=1S/C10H9F2N5O2/c11-5-1-2-6(8(12)3-5)7(4-19-10(13)18)9-14-16-17-15-9/h1-3,7H,4H2,(H2,13,18)(H,14,15,16,17). The third-order valence-corrected chi connectivity index (χ3v) is 2.40. The van der Waals surface area contributed by atoms with Crippen LogP contribution in [0.25, 0.3) is 0 Å². The summed E-state index contributed by atoms with van der Waals surface area (Å²) in [6, 6.07) is 3.01. The minimum absolute atomic E-state index is 0.0732. The Balaban J connectivity index is 2.33. The summed E-state index contributed by atoms with van der Waals surface area (Å²) >= 11 is 0. The van der Waals surface area contributed by atoms with Crippen LogP contribution < -0.4 is 5.73 Å². The molecule has 0 aliphatic heterocycles. The summed E-state index contributed by atoms with van der Waals surface area (Å²) < 4.78 is 31.2. The first-order valence-electron chi connectivity index (χ1n) is 5.18. The fourth-order valence-electron chi connectivity index (χ4n) is 1.57. The quantitative estimate of drug-likeness (QED) is 0.849. The first-order valence-corrected chi connectivity index (χ1v) is 5.18.